The summed E-state index contributed by atoms with van der Waals surface area (Å²) >= 11 is 0. The molecule has 0 saturated heterocycles. The van der Waals surface area contributed by atoms with E-state index in [2.05, 4.69) is 15.9 Å². The topological polar surface area (TPSA) is 44.1 Å². The molecule has 13 heavy (non-hydrogen) atoms. The van der Waals surface area contributed by atoms with Crippen molar-refractivity contribution in [3.63, 3.8) is 0 Å². The number of unbranched alkanes of at least 4 members (excludes halogenated alkanes) is 1. The van der Waals surface area contributed by atoms with Gasteiger partial charge in [-0.25, -0.2) is 4.98 Å². The van der Waals surface area contributed by atoms with Crippen LogP contribution in [0, 0.1) is 6.20 Å². The molecular formula is C9H13N2O2. The predicted octanol–water partition coefficient (Wildman–Crippen LogP) is 1.03. The summed E-state index contributed by atoms with van der Waals surface area (Å²) in [7, 11) is 1.41. The Morgan fingerprint density at radius 1 is 1.62 bits per heavy atom. The number of methoxy groups -OCH3 is 1. The average molecular weight is 181 g/mol. The summed E-state index contributed by atoms with van der Waals surface area (Å²) in [6.07, 6.45) is 8.53. The molecule has 1 aromatic rings. The van der Waals surface area contributed by atoms with Gasteiger partial charge in [0.1, 0.15) is 6.20 Å². The zero-order valence-corrected chi connectivity index (χ0v) is 7.69. The number of imidazole rings is 1. The summed E-state index contributed by atoms with van der Waals surface area (Å²) in [6, 6.07) is 0. The number of nitrogens with zero attached hydrogens (tertiary/aromatic N) is 2. The summed E-state index contributed by atoms with van der Waals surface area (Å²) in [6.45, 7) is 0.882. The van der Waals surface area contributed by atoms with Crippen LogP contribution in [0.2, 0.25) is 0 Å². The number of esters is 1. The molecule has 1 radical (unpaired) electrons. The molecule has 0 unspecified atom stereocenters. The van der Waals surface area contributed by atoms with Crippen molar-refractivity contribution in [1.29, 1.82) is 0 Å². The number of aromatic nitrogens is 2. The number of aryl methyl sites for hydroxylation is 1. The Bertz CT molecular complexity index is 244. The van der Waals surface area contributed by atoms with Crippen LogP contribution in [-0.2, 0) is 16.1 Å². The standard InChI is InChI=1S/C9H13N2O2/c1-13-9(12)4-2-3-6-11-7-5-10-8-11/h7-8H,2-4,6H2,1H3. The number of hydrogen-bond acceptors (Lipinski definition) is 3. The highest BCUT2D eigenvalue weighted by Gasteiger charge is 1.98. The van der Waals surface area contributed by atoms with E-state index in [9.17, 15) is 4.79 Å². The molecule has 0 spiro atoms. The predicted molar refractivity (Wildman–Crippen MR) is 46.9 cm³/mol. The van der Waals surface area contributed by atoms with Gasteiger partial charge in [0.15, 0.2) is 0 Å². The summed E-state index contributed by atoms with van der Waals surface area (Å²) in [5.74, 6) is -0.141. The number of hydrogen-bond donors (Lipinski definition) is 0. The van der Waals surface area contributed by atoms with Crippen LogP contribution in [0.3, 0.4) is 0 Å². The highest BCUT2D eigenvalue weighted by atomic mass is 16.5. The highest BCUT2D eigenvalue weighted by Crippen LogP contribution is 1.99. The van der Waals surface area contributed by atoms with Crippen molar-refractivity contribution in [1.82, 2.24) is 9.55 Å². The van der Waals surface area contributed by atoms with Gasteiger partial charge in [-0.3, -0.25) is 4.79 Å². The van der Waals surface area contributed by atoms with Crippen LogP contribution < -0.4 is 0 Å². The van der Waals surface area contributed by atoms with Crippen LogP contribution >= 0.6 is 0 Å². The fourth-order valence-corrected chi connectivity index (χ4v) is 1.04. The van der Waals surface area contributed by atoms with E-state index < -0.39 is 0 Å². The van der Waals surface area contributed by atoms with Gasteiger partial charge in [-0.05, 0) is 12.8 Å². The smallest absolute Gasteiger partial charge is 0.305 e. The second-order valence-electron chi connectivity index (χ2n) is 2.77. The summed E-state index contributed by atoms with van der Waals surface area (Å²) < 4.78 is 6.46. The van der Waals surface area contributed by atoms with Crippen molar-refractivity contribution in [3.8, 4) is 0 Å². The van der Waals surface area contributed by atoms with Crippen molar-refractivity contribution in [2.45, 2.75) is 25.8 Å². The van der Waals surface area contributed by atoms with Crippen molar-refractivity contribution in [2.24, 2.45) is 0 Å². The monoisotopic (exact) mass is 181 g/mol. The minimum Gasteiger partial charge on any atom is -0.469 e. The molecule has 0 N–H and O–H groups in total. The fourth-order valence-electron chi connectivity index (χ4n) is 1.04. The van der Waals surface area contributed by atoms with Crippen molar-refractivity contribution >= 4 is 5.97 Å². The van der Waals surface area contributed by atoms with Crippen LogP contribution in [0.1, 0.15) is 19.3 Å². The van der Waals surface area contributed by atoms with E-state index in [-0.39, 0.29) is 5.97 Å². The van der Waals surface area contributed by atoms with E-state index >= 15 is 0 Å². The van der Waals surface area contributed by atoms with Crippen molar-refractivity contribution in [3.05, 3.63) is 18.7 Å². The summed E-state index contributed by atoms with van der Waals surface area (Å²) in [5, 5.41) is 0. The van der Waals surface area contributed by atoms with E-state index in [4.69, 9.17) is 0 Å². The fraction of sp³-hybridized carbons (Fsp3) is 0.556. The van der Waals surface area contributed by atoms with E-state index in [1.165, 1.54) is 7.11 Å². The van der Waals surface area contributed by atoms with Gasteiger partial charge in [-0.15, -0.1) is 0 Å². The van der Waals surface area contributed by atoms with Gasteiger partial charge in [-0.2, -0.15) is 0 Å². The van der Waals surface area contributed by atoms with E-state index in [0.29, 0.717) is 6.42 Å². The van der Waals surface area contributed by atoms with Gasteiger partial charge in [0.2, 0.25) is 0 Å². The SMILES string of the molecule is COC(=O)CCCCn1c[c]nc1. The van der Waals surface area contributed by atoms with Gasteiger partial charge in [-0.1, -0.05) is 0 Å². The molecule has 1 heterocycles. The van der Waals surface area contributed by atoms with E-state index in [1.807, 2.05) is 4.57 Å². The first-order chi connectivity index (χ1) is 6.33. The first kappa shape index (κ1) is 9.77. The molecule has 71 valence electrons. The van der Waals surface area contributed by atoms with Crippen LogP contribution in [0.15, 0.2) is 12.5 Å². The Balaban J connectivity index is 2.05. The lowest BCUT2D eigenvalue weighted by atomic mass is 10.2. The van der Waals surface area contributed by atoms with Crippen molar-refractivity contribution in [2.75, 3.05) is 7.11 Å². The van der Waals surface area contributed by atoms with Gasteiger partial charge in [0.25, 0.3) is 0 Å². The molecule has 0 aliphatic carbocycles. The number of rotatable bonds is 5. The lowest BCUT2D eigenvalue weighted by Gasteiger charge is -2.00. The Kier molecular flexibility index (Phi) is 4.02. The molecular weight excluding hydrogens is 168 g/mol. The molecule has 1 rings (SSSR count). The first-order valence-corrected chi connectivity index (χ1v) is 4.27. The molecule has 4 nitrogen and oxygen atoms in total. The zero-order chi connectivity index (χ0) is 9.52. The lowest BCUT2D eigenvalue weighted by Crippen LogP contribution is -2.01. The largest absolute Gasteiger partial charge is 0.469 e. The Hall–Kier alpha value is -1.32. The van der Waals surface area contributed by atoms with E-state index in [1.54, 1.807) is 12.5 Å². The van der Waals surface area contributed by atoms with Crippen LogP contribution in [0.4, 0.5) is 0 Å². The Morgan fingerprint density at radius 3 is 3.08 bits per heavy atom. The molecule has 1 aromatic heterocycles. The number of carbonyl (C=O) groups excluding carboxylic acids is 1. The molecule has 0 aliphatic heterocycles. The third-order valence-corrected chi connectivity index (χ3v) is 1.78. The Morgan fingerprint density at radius 2 is 2.46 bits per heavy atom. The normalized spacial score (nSPS) is 9.92. The van der Waals surface area contributed by atoms with E-state index in [0.717, 1.165) is 19.4 Å². The van der Waals surface area contributed by atoms with Gasteiger partial charge in [0.05, 0.1) is 13.4 Å². The molecule has 4 heteroatoms. The molecule has 0 amide bonds. The zero-order valence-electron chi connectivity index (χ0n) is 7.69. The number of carbonyl (C=O) groups is 1. The second-order valence-corrected chi connectivity index (χ2v) is 2.77. The van der Waals surface area contributed by atoms with Crippen LogP contribution in [0.5, 0.6) is 0 Å². The second kappa shape index (κ2) is 5.35. The highest BCUT2D eigenvalue weighted by molar-refractivity contribution is 5.68. The average Bonchev–Trinajstić information content (AvgIpc) is 2.64. The quantitative estimate of drug-likeness (QED) is 0.503. The molecule has 0 atom stereocenters. The minimum atomic E-state index is -0.141. The maximum atomic E-state index is 10.7. The maximum Gasteiger partial charge on any atom is 0.305 e. The minimum absolute atomic E-state index is 0.141. The Labute approximate surface area is 77.5 Å². The lowest BCUT2D eigenvalue weighted by molar-refractivity contribution is -0.140. The van der Waals surface area contributed by atoms with Crippen LogP contribution in [-0.4, -0.2) is 22.6 Å². The first-order valence-electron chi connectivity index (χ1n) is 4.27. The molecule has 0 bridgehead atoms. The molecule has 0 aliphatic rings. The third-order valence-electron chi connectivity index (χ3n) is 1.78. The molecule has 0 saturated carbocycles. The van der Waals surface area contributed by atoms with Gasteiger partial charge < -0.3 is 9.30 Å². The van der Waals surface area contributed by atoms with Crippen molar-refractivity contribution < 1.29 is 9.53 Å². The summed E-state index contributed by atoms with van der Waals surface area (Å²) in [4.78, 5) is 14.5. The number of ether oxygens (including phenoxy) is 1. The summed E-state index contributed by atoms with van der Waals surface area (Å²) in [5.41, 5.74) is 0. The van der Waals surface area contributed by atoms with Gasteiger partial charge in [0, 0.05) is 19.2 Å². The van der Waals surface area contributed by atoms with Gasteiger partial charge >= 0.3 is 5.97 Å². The molecule has 0 aromatic carbocycles. The van der Waals surface area contributed by atoms with Crippen LogP contribution in [0.25, 0.3) is 0 Å². The third kappa shape index (κ3) is 3.73. The maximum absolute atomic E-state index is 10.7. The molecule has 0 fully saturated rings.